The molecule has 2 N–H and O–H groups in total. The number of hydrogen-bond donors (Lipinski definition) is 2. The molecular weight excluding hydrogens is 482 g/mol. The van der Waals surface area contributed by atoms with Crippen LogP contribution in [0.5, 0.6) is 11.5 Å². The summed E-state index contributed by atoms with van der Waals surface area (Å²) in [5, 5.41) is 22.4. The molecule has 3 aromatic carbocycles. The molecule has 1 amide bonds. The number of benzene rings is 3. The molecule has 1 aromatic heterocycles. The molecule has 4 aromatic rings. The fourth-order valence-electron chi connectivity index (χ4n) is 4.46. The van der Waals surface area contributed by atoms with E-state index in [2.05, 4.69) is 0 Å². The number of aliphatic hydroxyl groups is 1. The Balaban J connectivity index is 1.71. The molecule has 8 heteroatoms. The zero-order chi connectivity index (χ0) is 25.6. The summed E-state index contributed by atoms with van der Waals surface area (Å²) in [7, 11) is 0. The fourth-order valence-corrected chi connectivity index (χ4v) is 4.63. The van der Waals surface area contributed by atoms with Crippen molar-refractivity contribution in [1.82, 2.24) is 0 Å². The van der Waals surface area contributed by atoms with Gasteiger partial charge in [-0.1, -0.05) is 41.9 Å². The molecule has 1 aliphatic rings. The van der Waals surface area contributed by atoms with Gasteiger partial charge in [-0.05, 0) is 61.4 Å². The van der Waals surface area contributed by atoms with E-state index in [-0.39, 0.29) is 22.8 Å². The number of ketones is 1. The van der Waals surface area contributed by atoms with E-state index in [4.69, 9.17) is 20.8 Å². The summed E-state index contributed by atoms with van der Waals surface area (Å²) < 4.78 is 11.3. The molecule has 182 valence electrons. The number of phenolic OH excluding ortho intramolecular Hbond substituents is 1. The summed E-state index contributed by atoms with van der Waals surface area (Å²) in [6.45, 7) is 3.82. The standard InChI is InChI=1S/C28H22ClNO6/c1-3-35-22-14-17(11-12-20(22)31)25-24(26(32)23-13-16-7-4-5-10-21(16)36-23)27(33)28(34)30(25)19-9-6-8-18(29)15(19)2/h4-14,25,31,33H,3H2,1-2H3. The Hall–Kier alpha value is -4.23. The molecule has 1 unspecified atom stereocenters. The van der Waals surface area contributed by atoms with Gasteiger partial charge in [0.2, 0.25) is 5.78 Å². The number of phenols is 1. The lowest BCUT2D eigenvalue weighted by atomic mass is 9.94. The highest BCUT2D eigenvalue weighted by Gasteiger charge is 2.46. The number of rotatable bonds is 6. The highest BCUT2D eigenvalue weighted by atomic mass is 35.5. The third-order valence-electron chi connectivity index (χ3n) is 6.20. The topological polar surface area (TPSA) is 100 Å². The molecule has 0 saturated carbocycles. The number of carbonyl (C=O) groups excluding carboxylic acids is 2. The normalized spacial score (nSPS) is 15.7. The van der Waals surface area contributed by atoms with Crippen molar-refractivity contribution in [2.24, 2.45) is 0 Å². The van der Waals surface area contributed by atoms with Crippen LogP contribution in [0.3, 0.4) is 0 Å². The fraction of sp³-hybridized carbons (Fsp3) is 0.143. The molecule has 0 radical (unpaired) electrons. The van der Waals surface area contributed by atoms with Crippen LogP contribution < -0.4 is 9.64 Å². The van der Waals surface area contributed by atoms with E-state index < -0.39 is 23.5 Å². The Morgan fingerprint density at radius 1 is 1.08 bits per heavy atom. The molecule has 2 heterocycles. The molecule has 5 rings (SSSR count). The molecule has 36 heavy (non-hydrogen) atoms. The number of halogens is 1. The van der Waals surface area contributed by atoms with E-state index in [9.17, 15) is 19.8 Å². The van der Waals surface area contributed by atoms with Crippen molar-refractivity contribution >= 4 is 39.9 Å². The summed E-state index contributed by atoms with van der Waals surface area (Å²) in [5.41, 5.74) is 1.85. The number of anilines is 1. The van der Waals surface area contributed by atoms with Gasteiger partial charge in [0, 0.05) is 16.1 Å². The number of carbonyl (C=O) groups is 2. The van der Waals surface area contributed by atoms with Gasteiger partial charge in [-0.15, -0.1) is 0 Å². The minimum atomic E-state index is -1.03. The van der Waals surface area contributed by atoms with Gasteiger partial charge in [-0.25, -0.2) is 0 Å². The lowest BCUT2D eigenvalue weighted by molar-refractivity contribution is -0.117. The summed E-state index contributed by atoms with van der Waals surface area (Å²) in [5.74, 6) is -1.98. The monoisotopic (exact) mass is 503 g/mol. The van der Waals surface area contributed by atoms with Crippen LogP contribution in [0, 0.1) is 6.92 Å². The van der Waals surface area contributed by atoms with Crippen LogP contribution in [0.2, 0.25) is 5.02 Å². The van der Waals surface area contributed by atoms with E-state index in [1.54, 1.807) is 68.4 Å². The highest BCUT2D eigenvalue weighted by molar-refractivity contribution is 6.32. The first kappa shape index (κ1) is 23.5. The maximum atomic E-state index is 13.8. The molecule has 0 fully saturated rings. The van der Waals surface area contributed by atoms with Crippen molar-refractivity contribution in [3.05, 3.63) is 100.0 Å². The zero-order valence-corrected chi connectivity index (χ0v) is 20.2. The van der Waals surface area contributed by atoms with E-state index in [1.807, 2.05) is 6.07 Å². The van der Waals surface area contributed by atoms with Gasteiger partial charge in [0.05, 0.1) is 18.2 Å². The summed E-state index contributed by atoms with van der Waals surface area (Å²) in [4.78, 5) is 28.6. The van der Waals surface area contributed by atoms with Crippen LogP contribution in [-0.2, 0) is 4.79 Å². The van der Waals surface area contributed by atoms with Crippen LogP contribution in [0.15, 0.2) is 82.5 Å². The first-order chi connectivity index (χ1) is 17.3. The molecule has 0 saturated heterocycles. The third kappa shape index (κ3) is 3.78. The number of nitrogens with zero attached hydrogens (tertiary/aromatic N) is 1. The van der Waals surface area contributed by atoms with Crippen molar-refractivity contribution < 1.29 is 29.0 Å². The number of ether oxygens (including phenoxy) is 1. The molecule has 0 spiro atoms. The van der Waals surface area contributed by atoms with Crippen molar-refractivity contribution in [2.45, 2.75) is 19.9 Å². The third-order valence-corrected chi connectivity index (χ3v) is 6.61. The number of aliphatic hydroxyl groups excluding tert-OH is 1. The van der Waals surface area contributed by atoms with Crippen molar-refractivity contribution in [1.29, 1.82) is 0 Å². The van der Waals surface area contributed by atoms with Crippen LogP contribution in [-0.4, -0.2) is 28.5 Å². The van der Waals surface area contributed by atoms with Crippen LogP contribution in [0.25, 0.3) is 11.0 Å². The Kier molecular flexibility index (Phi) is 5.94. The maximum absolute atomic E-state index is 13.8. The second-order valence-corrected chi connectivity index (χ2v) is 8.77. The largest absolute Gasteiger partial charge is 0.504 e. The first-order valence-electron chi connectivity index (χ1n) is 11.3. The van der Waals surface area contributed by atoms with Gasteiger partial charge >= 0.3 is 0 Å². The van der Waals surface area contributed by atoms with Crippen LogP contribution >= 0.6 is 11.6 Å². The summed E-state index contributed by atoms with van der Waals surface area (Å²) in [6, 6.07) is 17.3. The SMILES string of the molecule is CCOc1cc(C2C(C(=O)c3cc4ccccc4o3)=C(O)C(=O)N2c2cccc(Cl)c2C)ccc1O. The van der Waals surface area contributed by atoms with E-state index in [1.165, 1.54) is 11.0 Å². The van der Waals surface area contributed by atoms with Crippen molar-refractivity contribution in [2.75, 3.05) is 11.5 Å². The summed E-state index contributed by atoms with van der Waals surface area (Å²) >= 11 is 6.35. The maximum Gasteiger partial charge on any atom is 0.294 e. The lowest BCUT2D eigenvalue weighted by Crippen LogP contribution is -2.31. The number of hydrogen-bond acceptors (Lipinski definition) is 6. The van der Waals surface area contributed by atoms with Crippen molar-refractivity contribution in [3.63, 3.8) is 0 Å². The van der Waals surface area contributed by atoms with Gasteiger partial charge in [0.15, 0.2) is 23.0 Å². The first-order valence-corrected chi connectivity index (χ1v) is 11.7. The van der Waals surface area contributed by atoms with Crippen molar-refractivity contribution in [3.8, 4) is 11.5 Å². The Morgan fingerprint density at radius 3 is 2.61 bits per heavy atom. The molecule has 0 aliphatic carbocycles. The quantitative estimate of drug-likeness (QED) is 0.300. The Morgan fingerprint density at radius 2 is 1.86 bits per heavy atom. The Labute approximate surface area is 211 Å². The van der Waals surface area contributed by atoms with Gasteiger partial charge in [0.1, 0.15) is 5.58 Å². The van der Waals surface area contributed by atoms with E-state index in [0.717, 1.165) is 0 Å². The predicted octanol–water partition coefficient (Wildman–Crippen LogP) is 6.28. The Bertz CT molecular complexity index is 1520. The second-order valence-electron chi connectivity index (χ2n) is 8.36. The number of aromatic hydroxyl groups is 1. The number of Topliss-reactive ketones (excluding diaryl/α,β-unsaturated/α-hetero) is 1. The number of amides is 1. The minimum Gasteiger partial charge on any atom is -0.504 e. The number of furan rings is 1. The van der Waals surface area contributed by atoms with E-state index >= 15 is 0 Å². The van der Waals surface area contributed by atoms with Crippen LogP contribution in [0.1, 0.15) is 34.6 Å². The van der Waals surface area contributed by atoms with Gasteiger partial charge in [-0.2, -0.15) is 0 Å². The van der Waals surface area contributed by atoms with Gasteiger partial charge < -0.3 is 19.4 Å². The average Bonchev–Trinajstić information content (AvgIpc) is 3.41. The zero-order valence-electron chi connectivity index (χ0n) is 19.5. The number of fused-ring (bicyclic) bond motifs is 1. The molecule has 1 atom stereocenters. The summed E-state index contributed by atoms with van der Waals surface area (Å²) in [6.07, 6.45) is 0. The van der Waals surface area contributed by atoms with Gasteiger partial charge in [-0.3, -0.25) is 14.5 Å². The smallest absolute Gasteiger partial charge is 0.294 e. The number of para-hydroxylation sites is 1. The minimum absolute atomic E-state index is 0.0102. The van der Waals surface area contributed by atoms with E-state index in [0.29, 0.717) is 39.4 Å². The second kappa shape index (κ2) is 9.09. The lowest BCUT2D eigenvalue weighted by Gasteiger charge is -2.28. The average molecular weight is 504 g/mol. The molecular formula is C28H22ClNO6. The predicted molar refractivity (Wildman–Crippen MR) is 136 cm³/mol. The highest BCUT2D eigenvalue weighted by Crippen LogP contribution is 2.45. The van der Waals surface area contributed by atoms with Crippen LogP contribution in [0.4, 0.5) is 5.69 Å². The van der Waals surface area contributed by atoms with Gasteiger partial charge in [0.25, 0.3) is 5.91 Å². The molecule has 7 nitrogen and oxygen atoms in total. The molecule has 1 aliphatic heterocycles. The molecule has 0 bridgehead atoms.